The van der Waals surface area contributed by atoms with Gasteiger partial charge in [-0.25, -0.2) is 4.39 Å². The van der Waals surface area contributed by atoms with Gasteiger partial charge in [0.2, 0.25) is 5.78 Å². The number of amides is 2. The van der Waals surface area contributed by atoms with E-state index in [0.717, 1.165) is 16.8 Å². The van der Waals surface area contributed by atoms with Gasteiger partial charge in [-0.3, -0.25) is 19.3 Å². The van der Waals surface area contributed by atoms with Gasteiger partial charge >= 0.3 is 0 Å². The summed E-state index contributed by atoms with van der Waals surface area (Å²) in [5.74, 6) is -1.64. The number of carbonyl (C=O) groups is 3. The molecule has 0 aliphatic carbocycles. The summed E-state index contributed by atoms with van der Waals surface area (Å²) in [6.07, 6.45) is 0. The van der Waals surface area contributed by atoms with Crippen LogP contribution in [0.4, 0.5) is 4.39 Å². The Hall–Kier alpha value is -3.52. The number of ketones is 1. The van der Waals surface area contributed by atoms with Gasteiger partial charge in [0.1, 0.15) is 5.82 Å². The van der Waals surface area contributed by atoms with Crippen molar-refractivity contribution < 1.29 is 18.8 Å². The van der Waals surface area contributed by atoms with Gasteiger partial charge in [0.05, 0.1) is 5.56 Å². The smallest absolute Gasteiger partial charge is 0.292 e. The fourth-order valence-electron chi connectivity index (χ4n) is 4.78. The molecule has 35 heavy (non-hydrogen) atoms. The van der Waals surface area contributed by atoms with Crippen molar-refractivity contribution in [2.75, 3.05) is 19.6 Å². The predicted octanol–water partition coefficient (Wildman–Crippen LogP) is 3.67. The number of likely N-dealkylation sites (N-methyl/N-ethyl adjacent to an activating group) is 1. The Balaban J connectivity index is 1.57. The van der Waals surface area contributed by atoms with Gasteiger partial charge in [0.25, 0.3) is 11.8 Å². The molecular weight excluding hydrogens is 447 g/mol. The molecule has 2 amide bonds. The number of hydrogen-bond donors (Lipinski definition) is 2. The Kier molecular flexibility index (Phi) is 7.03. The number of aryl methyl sites for hydroxylation is 1. The van der Waals surface area contributed by atoms with Crippen LogP contribution in [0, 0.1) is 12.7 Å². The van der Waals surface area contributed by atoms with Gasteiger partial charge in [-0.15, -0.1) is 0 Å². The highest BCUT2D eigenvalue weighted by atomic mass is 19.1. The van der Waals surface area contributed by atoms with Crippen LogP contribution in [-0.2, 0) is 11.3 Å². The van der Waals surface area contributed by atoms with E-state index in [2.05, 4.69) is 22.1 Å². The fraction of sp³-hybridized carbons (Fsp3) is 0.370. The van der Waals surface area contributed by atoms with E-state index in [1.807, 2.05) is 18.7 Å². The number of carbonyl (C=O) groups excluding carboxylic acids is 3. The van der Waals surface area contributed by atoms with Crippen LogP contribution >= 0.6 is 0 Å². The van der Waals surface area contributed by atoms with Crippen molar-refractivity contribution in [3.05, 3.63) is 70.7 Å². The van der Waals surface area contributed by atoms with Crippen LogP contribution in [0.15, 0.2) is 42.5 Å². The molecule has 1 aliphatic heterocycles. The summed E-state index contributed by atoms with van der Waals surface area (Å²) in [4.78, 5) is 45.7. The summed E-state index contributed by atoms with van der Waals surface area (Å²) in [5.41, 5.74) is 3.27. The number of benzene rings is 2. The molecule has 4 rings (SSSR count). The number of H-pyrrole nitrogens is 1. The van der Waals surface area contributed by atoms with E-state index >= 15 is 0 Å². The Morgan fingerprint density at radius 2 is 1.77 bits per heavy atom. The van der Waals surface area contributed by atoms with Crippen molar-refractivity contribution in [2.45, 2.75) is 46.3 Å². The third-order valence-electron chi connectivity index (χ3n) is 6.68. The average Bonchev–Trinajstić information content (AvgIpc) is 3.16. The predicted molar refractivity (Wildman–Crippen MR) is 133 cm³/mol. The van der Waals surface area contributed by atoms with E-state index in [1.165, 1.54) is 12.1 Å². The van der Waals surface area contributed by atoms with Crippen molar-refractivity contribution in [3.63, 3.8) is 0 Å². The third-order valence-corrected chi connectivity index (χ3v) is 6.68. The molecule has 2 unspecified atom stereocenters. The lowest BCUT2D eigenvalue weighted by Crippen LogP contribution is -2.57. The lowest BCUT2D eigenvalue weighted by atomic mass is 10.0. The molecule has 7 nitrogen and oxygen atoms in total. The Bertz CT molecular complexity index is 1270. The quantitative estimate of drug-likeness (QED) is 0.418. The molecule has 2 N–H and O–H groups in total. The second-order valence-electron chi connectivity index (χ2n) is 9.29. The summed E-state index contributed by atoms with van der Waals surface area (Å²) in [6.45, 7) is 9.99. The van der Waals surface area contributed by atoms with Crippen molar-refractivity contribution in [1.82, 2.24) is 20.1 Å². The maximum atomic E-state index is 13.8. The number of Topliss-reactive ketones (excluding diaryl/α,β-unsaturated/α-hetero) is 1. The van der Waals surface area contributed by atoms with Crippen molar-refractivity contribution in [1.29, 1.82) is 0 Å². The van der Waals surface area contributed by atoms with E-state index in [0.29, 0.717) is 37.1 Å². The zero-order valence-electron chi connectivity index (χ0n) is 20.5. The minimum atomic E-state index is -0.660. The van der Waals surface area contributed by atoms with Gasteiger partial charge in [0.15, 0.2) is 0 Å². The lowest BCUT2D eigenvalue weighted by Gasteiger charge is -2.44. The van der Waals surface area contributed by atoms with Crippen LogP contribution < -0.4 is 5.32 Å². The molecule has 0 spiro atoms. The minimum absolute atomic E-state index is 0.0383. The molecule has 0 saturated carbocycles. The summed E-state index contributed by atoms with van der Waals surface area (Å²) in [5, 5.41) is 3.16. The standard InChI is InChI=1S/C27H31FN4O3/c1-5-29-26(34)25(33)20-8-11-23-22(12-20)24(18(4)30-23)27(35)32-14-16(2)31(13-17(32)3)15-19-6-9-21(28)10-7-19/h6-12,16-17,30H,5,13-15H2,1-4H3,(H,29,34). The molecular formula is C27H31FN4O3. The molecule has 1 aliphatic rings. The maximum absolute atomic E-state index is 13.8. The number of aromatic amines is 1. The van der Waals surface area contributed by atoms with Gasteiger partial charge in [-0.05, 0) is 63.6 Å². The zero-order chi connectivity index (χ0) is 25.3. The molecule has 8 heteroatoms. The third kappa shape index (κ3) is 4.98. The highest BCUT2D eigenvalue weighted by Gasteiger charge is 2.34. The average molecular weight is 479 g/mol. The number of aromatic nitrogens is 1. The largest absolute Gasteiger partial charge is 0.358 e. The van der Waals surface area contributed by atoms with E-state index < -0.39 is 11.7 Å². The molecule has 1 saturated heterocycles. The SMILES string of the molecule is CCNC(=O)C(=O)c1ccc2[nH]c(C)c(C(=O)N3CC(C)N(Cc4ccc(F)cc4)CC3C)c2c1. The fourth-order valence-corrected chi connectivity index (χ4v) is 4.78. The summed E-state index contributed by atoms with van der Waals surface area (Å²) >= 11 is 0. The number of nitrogens with zero attached hydrogens (tertiary/aromatic N) is 2. The topological polar surface area (TPSA) is 85.5 Å². The van der Waals surface area contributed by atoms with Gasteiger partial charge < -0.3 is 15.2 Å². The molecule has 1 fully saturated rings. The summed E-state index contributed by atoms with van der Waals surface area (Å²) in [6, 6.07) is 11.5. The van der Waals surface area contributed by atoms with E-state index in [1.54, 1.807) is 37.3 Å². The Labute approximate surface area is 204 Å². The normalized spacial score (nSPS) is 18.6. The van der Waals surface area contributed by atoms with Crippen LogP contribution in [0.5, 0.6) is 0 Å². The number of fused-ring (bicyclic) bond motifs is 1. The van der Waals surface area contributed by atoms with Crippen LogP contribution in [0.1, 0.15) is 52.7 Å². The van der Waals surface area contributed by atoms with Crippen molar-refractivity contribution in [3.8, 4) is 0 Å². The first-order chi connectivity index (χ1) is 16.7. The molecule has 184 valence electrons. The second kappa shape index (κ2) is 10.00. The van der Waals surface area contributed by atoms with Crippen LogP contribution in [0.2, 0.25) is 0 Å². The maximum Gasteiger partial charge on any atom is 0.292 e. The zero-order valence-corrected chi connectivity index (χ0v) is 20.5. The number of hydrogen-bond acceptors (Lipinski definition) is 4. The van der Waals surface area contributed by atoms with Crippen molar-refractivity contribution in [2.24, 2.45) is 0 Å². The lowest BCUT2D eigenvalue weighted by molar-refractivity contribution is -0.116. The first kappa shape index (κ1) is 24.6. The van der Waals surface area contributed by atoms with Gasteiger partial charge in [-0.2, -0.15) is 0 Å². The number of halogens is 1. The van der Waals surface area contributed by atoms with Crippen LogP contribution in [0.25, 0.3) is 10.9 Å². The van der Waals surface area contributed by atoms with E-state index in [9.17, 15) is 18.8 Å². The summed E-state index contributed by atoms with van der Waals surface area (Å²) in [7, 11) is 0. The minimum Gasteiger partial charge on any atom is -0.358 e. The molecule has 2 heterocycles. The number of rotatable bonds is 6. The van der Waals surface area contributed by atoms with E-state index in [4.69, 9.17) is 0 Å². The molecule has 2 aromatic carbocycles. The van der Waals surface area contributed by atoms with Crippen LogP contribution in [0.3, 0.4) is 0 Å². The van der Waals surface area contributed by atoms with E-state index in [-0.39, 0.29) is 29.4 Å². The van der Waals surface area contributed by atoms with Crippen LogP contribution in [-0.4, -0.2) is 64.1 Å². The highest BCUT2D eigenvalue weighted by Crippen LogP contribution is 2.28. The monoisotopic (exact) mass is 478 g/mol. The molecule has 0 bridgehead atoms. The summed E-state index contributed by atoms with van der Waals surface area (Å²) < 4.78 is 13.3. The molecule has 2 atom stereocenters. The Morgan fingerprint density at radius 3 is 2.46 bits per heavy atom. The van der Waals surface area contributed by atoms with Crippen molar-refractivity contribution >= 4 is 28.5 Å². The molecule has 3 aromatic rings. The van der Waals surface area contributed by atoms with Gasteiger partial charge in [0, 0.05) is 60.4 Å². The first-order valence-corrected chi connectivity index (χ1v) is 11.9. The number of nitrogens with one attached hydrogen (secondary N) is 2. The molecule has 1 aromatic heterocycles. The van der Waals surface area contributed by atoms with Gasteiger partial charge in [-0.1, -0.05) is 12.1 Å². The molecule has 0 radical (unpaired) electrons. The number of piperazine rings is 1. The highest BCUT2D eigenvalue weighted by molar-refractivity contribution is 6.43. The Morgan fingerprint density at radius 1 is 1.06 bits per heavy atom. The first-order valence-electron chi connectivity index (χ1n) is 11.9. The second-order valence-corrected chi connectivity index (χ2v) is 9.29.